The summed E-state index contributed by atoms with van der Waals surface area (Å²) in [4.78, 5) is 24.4. The molecule has 1 atom stereocenters. The van der Waals surface area contributed by atoms with Crippen molar-refractivity contribution in [3.05, 3.63) is 24.2 Å². The number of furan rings is 1. The molecule has 2 heterocycles. The first-order valence-corrected chi connectivity index (χ1v) is 9.83. The van der Waals surface area contributed by atoms with Gasteiger partial charge >= 0.3 is 0 Å². The molecule has 0 spiro atoms. The van der Waals surface area contributed by atoms with Crippen molar-refractivity contribution in [3.63, 3.8) is 0 Å². The van der Waals surface area contributed by atoms with Crippen molar-refractivity contribution in [1.29, 1.82) is 0 Å². The molecule has 136 valence electrons. The monoisotopic (exact) mass is 387 g/mol. The van der Waals surface area contributed by atoms with Crippen LogP contribution >= 0.6 is 11.3 Å². The molecule has 10 nitrogen and oxygen atoms in total. The summed E-state index contributed by atoms with van der Waals surface area (Å²) in [5.41, 5.74) is 0. The maximum atomic E-state index is 12.4. The van der Waals surface area contributed by atoms with Crippen LogP contribution in [-0.2, 0) is 14.8 Å². The maximum Gasteiger partial charge on any atom is 0.287 e. The quantitative estimate of drug-likeness (QED) is 0.640. The number of rotatable bonds is 7. The van der Waals surface area contributed by atoms with Gasteiger partial charge in [0.25, 0.3) is 5.91 Å². The minimum atomic E-state index is -3.49. The Bertz CT molecular complexity index is 844. The Morgan fingerprint density at radius 3 is 2.48 bits per heavy atom. The van der Waals surface area contributed by atoms with Crippen molar-refractivity contribution in [2.75, 3.05) is 16.3 Å². The average Bonchev–Trinajstić information content (AvgIpc) is 3.14. The number of nitrogens with one attached hydrogen (secondary N) is 3. The number of anilines is 2. The standard InChI is InChI=1S/C13H17N5O5S2/c1-7(2)9(14-10(19)8-5-4-6-23-8)11(20)15-12-16-17-13(24-12)18-25(3,21)22/h4-7,9H,1-3H3,(H,14,19)(H,17,18)(H,15,16,20). The molecule has 2 amide bonds. The summed E-state index contributed by atoms with van der Waals surface area (Å²) in [6.07, 6.45) is 2.34. The predicted octanol–water partition coefficient (Wildman–Crippen LogP) is 0.896. The minimum absolute atomic E-state index is 0.0264. The maximum absolute atomic E-state index is 12.4. The van der Waals surface area contributed by atoms with E-state index in [0.29, 0.717) is 0 Å². The molecule has 0 aliphatic heterocycles. The first-order valence-electron chi connectivity index (χ1n) is 7.12. The topological polar surface area (TPSA) is 143 Å². The van der Waals surface area contributed by atoms with E-state index in [1.807, 2.05) is 0 Å². The summed E-state index contributed by atoms with van der Waals surface area (Å²) in [5.74, 6) is -1.14. The molecule has 0 aromatic carbocycles. The summed E-state index contributed by atoms with van der Waals surface area (Å²) in [6.45, 7) is 3.53. The van der Waals surface area contributed by atoms with Crippen LogP contribution in [0.5, 0.6) is 0 Å². The van der Waals surface area contributed by atoms with Crippen molar-refractivity contribution in [2.24, 2.45) is 5.92 Å². The van der Waals surface area contributed by atoms with Gasteiger partial charge < -0.3 is 9.73 Å². The van der Waals surface area contributed by atoms with Crippen LogP contribution in [0.3, 0.4) is 0 Å². The lowest BCUT2D eigenvalue weighted by Gasteiger charge is -2.20. The third-order valence-electron chi connectivity index (χ3n) is 2.91. The molecule has 0 fully saturated rings. The molecule has 2 rings (SSSR count). The van der Waals surface area contributed by atoms with Gasteiger partial charge in [-0.2, -0.15) is 0 Å². The van der Waals surface area contributed by atoms with E-state index in [9.17, 15) is 18.0 Å². The number of amides is 2. The molecule has 0 bridgehead atoms. The number of sulfonamides is 1. The van der Waals surface area contributed by atoms with E-state index >= 15 is 0 Å². The van der Waals surface area contributed by atoms with Gasteiger partial charge in [0.05, 0.1) is 12.5 Å². The average molecular weight is 387 g/mol. The lowest BCUT2D eigenvalue weighted by atomic mass is 10.0. The van der Waals surface area contributed by atoms with Crippen molar-refractivity contribution in [1.82, 2.24) is 15.5 Å². The van der Waals surface area contributed by atoms with Crippen LogP contribution in [-0.4, -0.2) is 42.7 Å². The van der Waals surface area contributed by atoms with Crippen molar-refractivity contribution in [2.45, 2.75) is 19.9 Å². The fraction of sp³-hybridized carbons (Fsp3) is 0.385. The van der Waals surface area contributed by atoms with Crippen molar-refractivity contribution >= 4 is 43.4 Å². The Hall–Kier alpha value is -2.47. The number of hydrogen-bond acceptors (Lipinski definition) is 8. The molecule has 25 heavy (non-hydrogen) atoms. The molecule has 0 radical (unpaired) electrons. The van der Waals surface area contributed by atoms with E-state index in [0.717, 1.165) is 17.6 Å². The second-order valence-corrected chi connectivity index (χ2v) is 8.17. The third-order valence-corrected chi connectivity index (χ3v) is 4.36. The van der Waals surface area contributed by atoms with Gasteiger partial charge in [-0.05, 0) is 18.1 Å². The summed E-state index contributed by atoms with van der Waals surface area (Å²) in [5, 5.41) is 12.5. The molecule has 3 N–H and O–H groups in total. The van der Waals surface area contributed by atoms with E-state index in [1.54, 1.807) is 19.9 Å². The van der Waals surface area contributed by atoms with Crippen LogP contribution in [0.1, 0.15) is 24.4 Å². The summed E-state index contributed by atoms with van der Waals surface area (Å²) >= 11 is 0.858. The van der Waals surface area contributed by atoms with Gasteiger partial charge in [-0.3, -0.25) is 19.6 Å². The summed E-state index contributed by atoms with van der Waals surface area (Å²) in [7, 11) is -3.49. The van der Waals surface area contributed by atoms with E-state index < -0.39 is 27.9 Å². The summed E-state index contributed by atoms with van der Waals surface area (Å²) in [6, 6.07) is 2.21. The molecular formula is C13H17N5O5S2. The van der Waals surface area contributed by atoms with Crippen LogP contribution in [0.25, 0.3) is 0 Å². The van der Waals surface area contributed by atoms with Gasteiger partial charge in [0.2, 0.25) is 26.2 Å². The fourth-order valence-electron chi connectivity index (χ4n) is 1.81. The lowest BCUT2D eigenvalue weighted by Crippen LogP contribution is -2.47. The van der Waals surface area contributed by atoms with E-state index in [4.69, 9.17) is 4.42 Å². The lowest BCUT2D eigenvalue weighted by molar-refractivity contribution is -0.118. The van der Waals surface area contributed by atoms with Gasteiger partial charge in [0.15, 0.2) is 5.76 Å². The van der Waals surface area contributed by atoms with E-state index in [-0.39, 0.29) is 21.9 Å². The first-order chi connectivity index (χ1) is 11.7. The van der Waals surface area contributed by atoms with E-state index in [2.05, 4.69) is 25.6 Å². The Balaban J connectivity index is 2.04. The molecule has 0 aliphatic carbocycles. The molecule has 12 heteroatoms. The van der Waals surface area contributed by atoms with Crippen LogP contribution in [0.15, 0.2) is 22.8 Å². The van der Waals surface area contributed by atoms with Crippen LogP contribution < -0.4 is 15.4 Å². The highest BCUT2D eigenvalue weighted by atomic mass is 32.2. The van der Waals surface area contributed by atoms with Crippen LogP contribution in [0, 0.1) is 5.92 Å². The van der Waals surface area contributed by atoms with Crippen LogP contribution in [0.2, 0.25) is 0 Å². The Morgan fingerprint density at radius 1 is 1.24 bits per heavy atom. The highest BCUT2D eigenvalue weighted by molar-refractivity contribution is 7.92. The van der Waals surface area contributed by atoms with Gasteiger partial charge in [-0.1, -0.05) is 25.2 Å². The number of carbonyl (C=O) groups excluding carboxylic acids is 2. The zero-order valence-electron chi connectivity index (χ0n) is 13.6. The normalized spacial score (nSPS) is 12.6. The van der Waals surface area contributed by atoms with Gasteiger partial charge in [-0.15, -0.1) is 10.2 Å². The number of nitrogens with zero attached hydrogens (tertiary/aromatic N) is 2. The molecule has 2 aromatic rings. The first kappa shape index (κ1) is 18.9. The number of aromatic nitrogens is 2. The van der Waals surface area contributed by atoms with Crippen LogP contribution in [0.4, 0.5) is 10.3 Å². The fourth-order valence-corrected chi connectivity index (χ4v) is 3.29. The molecule has 0 aliphatic rings. The summed E-state index contributed by atoms with van der Waals surface area (Å²) < 4.78 is 29.5. The SMILES string of the molecule is CC(C)C(NC(=O)c1ccco1)C(=O)Nc1nnc(NS(C)(=O)=O)s1. The molecule has 1 unspecified atom stereocenters. The Labute approximate surface area is 148 Å². The predicted molar refractivity (Wildman–Crippen MR) is 91.8 cm³/mol. The largest absolute Gasteiger partial charge is 0.459 e. The third kappa shape index (κ3) is 5.53. The zero-order valence-corrected chi connectivity index (χ0v) is 15.3. The smallest absolute Gasteiger partial charge is 0.287 e. The molecule has 2 aromatic heterocycles. The molecule has 0 saturated carbocycles. The zero-order chi connectivity index (χ0) is 18.6. The van der Waals surface area contributed by atoms with Gasteiger partial charge in [0.1, 0.15) is 6.04 Å². The Morgan fingerprint density at radius 2 is 1.92 bits per heavy atom. The Kier molecular flexibility index (Phi) is 5.74. The van der Waals surface area contributed by atoms with E-state index in [1.165, 1.54) is 12.3 Å². The van der Waals surface area contributed by atoms with Crippen molar-refractivity contribution < 1.29 is 22.4 Å². The van der Waals surface area contributed by atoms with Gasteiger partial charge in [-0.25, -0.2) is 8.42 Å². The number of carbonyl (C=O) groups is 2. The second kappa shape index (κ2) is 7.61. The highest BCUT2D eigenvalue weighted by Crippen LogP contribution is 2.21. The minimum Gasteiger partial charge on any atom is -0.459 e. The molecule has 0 saturated heterocycles. The second-order valence-electron chi connectivity index (χ2n) is 5.45. The van der Waals surface area contributed by atoms with Gasteiger partial charge in [0, 0.05) is 0 Å². The van der Waals surface area contributed by atoms with Crippen molar-refractivity contribution in [3.8, 4) is 0 Å². The highest BCUT2D eigenvalue weighted by Gasteiger charge is 2.26. The molecular weight excluding hydrogens is 370 g/mol. The number of hydrogen-bond donors (Lipinski definition) is 3.